The lowest BCUT2D eigenvalue weighted by Crippen LogP contribution is -2.28. The van der Waals surface area contributed by atoms with E-state index in [9.17, 15) is 4.79 Å². The first kappa shape index (κ1) is 15.3. The van der Waals surface area contributed by atoms with Gasteiger partial charge in [-0.3, -0.25) is 9.69 Å². The molecule has 1 aromatic carbocycles. The third kappa shape index (κ3) is 3.77. The molecule has 1 saturated carbocycles. The predicted molar refractivity (Wildman–Crippen MR) is 92.0 cm³/mol. The van der Waals surface area contributed by atoms with E-state index in [2.05, 4.69) is 17.1 Å². The molecule has 0 atom stereocenters. The van der Waals surface area contributed by atoms with E-state index in [0.717, 1.165) is 29.5 Å². The molecule has 5 heteroatoms. The van der Waals surface area contributed by atoms with Crippen molar-refractivity contribution in [3.05, 3.63) is 35.9 Å². The van der Waals surface area contributed by atoms with Gasteiger partial charge in [0.05, 0.1) is 12.3 Å². The van der Waals surface area contributed by atoms with Crippen molar-refractivity contribution in [1.29, 1.82) is 0 Å². The summed E-state index contributed by atoms with van der Waals surface area (Å²) in [6, 6.07) is 10.0. The van der Waals surface area contributed by atoms with Crippen LogP contribution in [0.3, 0.4) is 0 Å². The number of rotatable bonds is 3. The Morgan fingerprint density at radius 2 is 1.91 bits per heavy atom. The number of amidine groups is 1. The van der Waals surface area contributed by atoms with Crippen molar-refractivity contribution in [3.63, 3.8) is 0 Å². The van der Waals surface area contributed by atoms with Gasteiger partial charge in [0.1, 0.15) is 0 Å². The summed E-state index contributed by atoms with van der Waals surface area (Å²) in [6.07, 6.45) is 4.47. The van der Waals surface area contributed by atoms with Crippen molar-refractivity contribution in [2.75, 3.05) is 5.75 Å². The van der Waals surface area contributed by atoms with E-state index in [4.69, 9.17) is 0 Å². The molecule has 0 radical (unpaired) electrons. The molecule has 2 aliphatic rings. The molecule has 4 nitrogen and oxygen atoms in total. The van der Waals surface area contributed by atoms with Crippen LogP contribution in [0.2, 0.25) is 0 Å². The van der Waals surface area contributed by atoms with E-state index in [-0.39, 0.29) is 5.91 Å². The molecule has 1 aliphatic heterocycles. The van der Waals surface area contributed by atoms with Gasteiger partial charge in [0, 0.05) is 5.71 Å². The van der Waals surface area contributed by atoms with Crippen molar-refractivity contribution in [2.45, 2.75) is 39.2 Å². The minimum Gasteiger partial charge on any atom is -0.285 e. The number of benzene rings is 1. The second-order valence-electron chi connectivity index (χ2n) is 5.99. The van der Waals surface area contributed by atoms with E-state index in [0.29, 0.717) is 12.3 Å². The minimum atomic E-state index is 0.116. The summed E-state index contributed by atoms with van der Waals surface area (Å²) in [7, 11) is 0. The maximum Gasteiger partial charge on any atom is 0.239 e. The predicted octanol–water partition coefficient (Wildman–Crippen LogP) is 3.68. The summed E-state index contributed by atoms with van der Waals surface area (Å²) in [5, 5.41) is 9.52. The van der Waals surface area contributed by atoms with Crippen LogP contribution < -0.4 is 0 Å². The van der Waals surface area contributed by atoms with Gasteiger partial charge in [0.25, 0.3) is 0 Å². The van der Waals surface area contributed by atoms with Gasteiger partial charge < -0.3 is 0 Å². The molecule has 1 saturated heterocycles. The van der Waals surface area contributed by atoms with Crippen LogP contribution >= 0.6 is 11.8 Å². The summed E-state index contributed by atoms with van der Waals surface area (Å²) in [6.45, 7) is 2.86. The van der Waals surface area contributed by atoms with Gasteiger partial charge in [0.2, 0.25) is 5.91 Å². The van der Waals surface area contributed by atoms with Gasteiger partial charge in [-0.05, 0) is 37.2 Å². The third-order valence-electron chi connectivity index (χ3n) is 4.17. The molecule has 3 rings (SSSR count). The lowest BCUT2D eigenvalue weighted by molar-refractivity contribution is -0.124. The van der Waals surface area contributed by atoms with Gasteiger partial charge in [-0.2, -0.15) is 5.10 Å². The van der Waals surface area contributed by atoms with Crippen LogP contribution in [0.25, 0.3) is 0 Å². The SMILES string of the molecule is CC1CCC(=N/N=C2/SCC(=O)N2Cc2ccccc2)CC1. The quantitative estimate of drug-likeness (QED) is 0.799. The first-order chi connectivity index (χ1) is 10.7. The number of hydrogen-bond donors (Lipinski definition) is 0. The molecule has 2 fully saturated rings. The second-order valence-corrected chi connectivity index (χ2v) is 6.93. The van der Waals surface area contributed by atoms with E-state index in [1.165, 1.54) is 30.3 Å². The van der Waals surface area contributed by atoms with Gasteiger partial charge in [-0.25, -0.2) is 0 Å². The molecule has 1 aliphatic carbocycles. The van der Waals surface area contributed by atoms with Crippen LogP contribution in [0.4, 0.5) is 0 Å². The van der Waals surface area contributed by atoms with Gasteiger partial charge in [0.15, 0.2) is 5.17 Å². The highest BCUT2D eigenvalue weighted by Crippen LogP contribution is 2.24. The summed E-state index contributed by atoms with van der Waals surface area (Å²) >= 11 is 1.49. The lowest BCUT2D eigenvalue weighted by atomic mass is 9.90. The average molecular weight is 315 g/mol. The van der Waals surface area contributed by atoms with Gasteiger partial charge >= 0.3 is 0 Å². The van der Waals surface area contributed by atoms with Crippen molar-refractivity contribution in [3.8, 4) is 0 Å². The van der Waals surface area contributed by atoms with Crippen molar-refractivity contribution < 1.29 is 4.79 Å². The molecule has 116 valence electrons. The average Bonchev–Trinajstić information content (AvgIpc) is 2.88. The molecule has 1 heterocycles. The molecule has 0 spiro atoms. The maximum absolute atomic E-state index is 12.1. The molecule has 0 unspecified atom stereocenters. The first-order valence-corrected chi connectivity index (χ1v) is 8.81. The van der Waals surface area contributed by atoms with E-state index >= 15 is 0 Å². The van der Waals surface area contributed by atoms with Crippen LogP contribution in [0.1, 0.15) is 38.2 Å². The Kier molecular flexibility index (Phi) is 4.93. The Hall–Kier alpha value is -1.62. The molecule has 0 bridgehead atoms. The summed E-state index contributed by atoms with van der Waals surface area (Å²) < 4.78 is 0. The molecule has 1 amide bonds. The highest BCUT2D eigenvalue weighted by Gasteiger charge is 2.28. The summed E-state index contributed by atoms with van der Waals surface area (Å²) in [5.74, 6) is 1.38. The normalized spacial score (nSPS) is 24.1. The van der Waals surface area contributed by atoms with E-state index in [1.54, 1.807) is 4.90 Å². The van der Waals surface area contributed by atoms with Crippen LogP contribution in [0.15, 0.2) is 40.5 Å². The Labute approximate surface area is 135 Å². The Bertz CT molecular complexity index is 587. The lowest BCUT2D eigenvalue weighted by Gasteiger charge is -2.18. The number of thioether (sulfide) groups is 1. The van der Waals surface area contributed by atoms with Crippen LogP contribution in [0, 0.1) is 5.92 Å². The number of carbonyl (C=O) groups is 1. The molecule has 0 N–H and O–H groups in total. The smallest absolute Gasteiger partial charge is 0.239 e. The van der Waals surface area contributed by atoms with Crippen molar-refractivity contribution in [2.24, 2.45) is 16.1 Å². The Balaban J connectivity index is 1.70. The largest absolute Gasteiger partial charge is 0.285 e. The minimum absolute atomic E-state index is 0.116. The number of hydrogen-bond acceptors (Lipinski definition) is 4. The third-order valence-corrected chi connectivity index (χ3v) is 5.12. The number of carbonyl (C=O) groups excluding carboxylic acids is 1. The monoisotopic (exact) mass is 315 g/mol. The van der Waals surface area contributed by atoms with Crippen LogP contribution in [-0.2, 0) is 11.3 Å². The van der Waals surface area contributed by atoms with E-state index < -0.39 is 0 Å². The number of amides is 1. The van der Waals surface area contributed by atoms with Gasteiger partial charge in [-0.15, -0.1) is 5.10 Å². The highest BCUT2D eigenvalue weighted by atomic mass is 32.2. The summed E-state index contributed by atoms with van der Waals surface area (Å²) in [4.78, 5) is 13.8. The molecular formula is C17H21N3OS. The fourth-order valence-electron chi connectivity index (χ4n) is 2.70. The van der Waals surface area contributed by atoms with Gasteiger partial charge in [-0.1, -0.05) is 49.0 Å². The first-order valence-electron chi connectivity index (χ1n) is 7.83. The molecular weight excluding hydrogens is 294 g/mol. The molecule has 0 aromatic heterocycles. The molecule has 22 heavy (non-hydrogen) atoms. The summed E-state index contributed by atoms with van der Waals surface area (Å²) in [5.41, 5.74) is 2.29. The van der Waals surface area contributed by atoms with Crippen LogP contribution in [-0.4, -0.2) is 27.4 Å². The Morgan fingerprint density at radius 3 is 2.64 bits per heavy atom. The van der Waals surface area contributed by atoms with Crippen molar-refractivity contribution in [1.82, 2.24) is 4.90 Å². The number of nitrogens with zero attached hydrogens (tertiary/aromatic N) is 3. The zero-order valence-electron chi connectivity index (χ0n) is 12.9. The molecule has 1 aromatic rings. The zero-order chi connectivity index (χ0) is 15.4. The second kappa shape index (κ2) is 7.09. The van der Waals surface area contributed by atoms with Crippen molar-refractivity contribution >= 4 is 28.5 Å². The standard InChI is InChI=1S/C17H21N3OS/c1-13-7-9-15(10-8-13)18-19-17-20(16(21)12-22-17)11-14-5-3-2-4-6-14/h2-6,13H,7-12H2,1H3/b18-15?,19-17+. The zero-order valence-corrected chi connectivity index (χ0v) is 13.7. The maximum atomic E-state index is 12.1. The Morgan fingerprint density at radius 1 is 1.18 bits per heavy atom. The topological polar surface area (TPSA) is 45.0 Å². The van der Waals surface area contributed by atoms with E-state index in [1.807, 2.05) is 30.3 Å². The highest BCUT2D eigenvalue weighted by molar-refractivity contribution is 8.15. The fourth-order valence-corrected chi connectivity index (χ4v) is 3.53. The van der Waals surface area contributed by atoms with Crippen LogP contribution in [0.5, 0.6) is 0 Å². The fraction of sp³-hybridized carbons (Fsp3) is 0.471.